The van der Waals surface area contributed by atoms with E-state index in [1.807, 2.05) is 0 Å². The van der Waals surface area contributed by atoms with Gasteiger partial charge in [-0.2, -0.15) is 0 Å². The van der Waals surface area contributed by atoms with Crippen molar-refractivity contribution in [2.24, 2.45) is 11.8 Å². The molecule has 4 rings (SSSR count). The number of carbonyl (C=O) groups is 3. The monoisotopic (exact) mass is 415 g/mol. The second-order valence-corrected chi connectivity index (χ2v) is 7.86. The van der Waals surface area contributed by atoms with E-state index in [-0.39, 0.29) is 29.7 Å². The molecule has 1 aromatic carbocycles. The van der Waals surface area contributed by atoms with Gasteiger partial charge in [-0.05, 0) is 44.4 Å². The lowest BCUT2D eigenvalue weighted by atomic mass is 9.57. The van der Waals surface area contributed by atoms with Gasteiger partial charge in [-0.15, -0.1) is 5.73 Å². The first-order chi connectivity index (χ1) is 15.2. The van der Waals surface area contributed by atoms with Crippen LogP contribution in [0.1, 0.15) is 21.7 Å². The molecule has 9 heteroatoms. The van der Waals surface area contributed by atoms with E-state index in [4.69, 9.17) is 4.11 Å². The maximum Gasteiger partial charge on any atom is 0.302 e. The van der Waals surface area contributed by atoms with E-state index >= 15 is 0 Å². The van der Waals surface area contributed by atoms with E-state index in [9.17, 15) is 40.5 Å². The van der Waals surface area contributed by atoms with Gasteiger partial charge in [0.05, 0.1) is 11.6 Å². The summed E-state index contributed by atoms with van der Waals surface area (Å²) in [7, 11) is 1.04. The molecule has 30 heavy (non-hydrogen) atoms. The molecule has 3 aliphatic rings. The predicted molar refractivity (Wildman–Crippen MR) is 102 cm³/mol. The molecule has 3 aliphatic carbocycles. The lowest BCUT2D eigenvalue weighted by Crippen LogP contribution is -2.65. The molecule has 4 N–H and O–H groups in total. The highest BCUT2D eigenvalue weighted by Crippen LogP contribution is 2.52. The number of rotatable bonds is 2. The number of hydrogen-bond acceptors (Lipinski definition) is 8. The molecule has 0 spiro atoms. The molecule has 1 fully saturated rings. The smallest absolute Gasteiger partial charge is 0.302 e. The van der Waals surface area contributed by atoms with Gasteiger partial charge in [-0.25, -0.2) is 0 Å². The number of phenols is 1. The highest BCUT2D eigenvalue weighted by molar-refractivity contribution is 6.24. The van der Waals surface area contributed by atoms with Crippen molar-refractivity contribution in [3.63, 3.8) is 0 Å². The number of aliphatic hydroxyl groups excluding tert-OH is 2. The fraction of sp³-hybridized carbons (Fsp3) is 0.381. The van der Waals surface area contributed by atoms with Crippen molar-refractivity contribution in [1.82, 2.24) is 10.6 Å². The molecule has 2 radical (unpaired) electrons. The maximum atomic E-state index is 13.5. The van der Waals surface area contributed by atoms with Gasteiger partial charge in [0.25, 0.3) is 0 Å². The molecule has 1 aromatic rings. The third-order valence-electron chi connectivity index (χ3n) is 6.29. The van der Waals surface area contributed by atoms with Crippen LogP contribution in [0.15, 0.2) is 35.1 Å². The van der Waals surface area contributed by atoms with Gasteiger partial charge >= 0.3 is 5.91 Å². The van der Waals surface area contributed by atoms with E-state index in [1.54, 1.807) is 6.07 Å². The molecule has 9 nitrogen and oxygen atoms in total. The van der Waals surface area contributed by atoms with Crippen LogP contribution in [0.25, 0.3) is 5.76 Å². The van der Waals surface area contributed by atoms with Gasteiger partial charge in [-0.3, -0.25) is 19.3 Å². The Kier molecular flexibility index (Phi) is 3.55. The Hall–Kier alpha value is -3.17. The largest absolute Gasteiger partial charge is 0.508 e. The van der Waals surface area contributed by atoms with Gasteiger partial charge in [0, 0.05) is 15.6 Å². The zero-order valence-corrected chi connectivity index (χ0v) is 15.8. The van der Waals surface area contributed by atoms with Gasteiger partial charge < -0.3 is 20.4 Å². The summed E-state index contributed by atoms with van der Waals surface area (Å²) in [4.78, 5) is 38.9. The SMILES string of the molecule is [2H]C([2H])([2H])N(C)[C@@H]1C(=O)C(C([N])=O)=C(O)[C@@]2(O)C(=O)C3=C(O)c4c(O)cccc4CC3CC12. The van der Waals surface area contributed by atoms with Crippen molar-refractivity contribution >= 4 is 23.2 Å². The molecule has 0 aliphatic heterocycles. The second kappa shape index (κ2) is 6.41. The zero-order chi connectivity index (χ0) is 24.6. The van der Waals surface area contributed by atoms with Crippen LogP contribution in [0.4, 0.5) is 0 Å². The molecule has 2 unspecified atom stereocenters. The minimum Gasteiger partial charge on any atom is -0.508 e. The number of ketones is 2. The Morgan fingerprint density at radius 3 is 2.63 bits per heavy atom. The van der Waals surface area contributed by atoms with Crippen molar-refractivity contribution in [3.05, 3.63) is 46.2 Å². The van der Waals surface area contributed by atoms with Crippen LogP contribution in [-0.4, -0.2) is 68.5 Å². The third kappa shape index (κ3) is 2.39. The lowest BCUT2D eigenvalue weighted by molar-refractivity contribution is -0.153. The summed E-state index contributed by atoms with van der Waals surface area (Å²) < 4.78 is 23.0. The van der Waals surface area contributed by atoms with Crippen molar-refractivity contribution in [2.75, 3.05) is 14.0 Å². The number of amides is 1. The summed E-state index contributed by atoms with van der Waals surface area (Å²) in [5, 5.41) is 43.1. The topological polar surface area (TPSA) is 158 Å². The van der Waals surface area contributed by atoms with Crippen LogP contribution in [0.3, 0.4) is 0 Å². The summed E-state index contributed by atoms with van der Waals surface area (Å²) in [6.07, 6.45) is -0.0966. The Bertz CT molecular complexity index is 1170. The number of fused-ring (bicyclic) bond motifs is 3. The molecule has 0 bridgehead atoms. The molecule has 1 saturated carbocycles. The number of aromatic hydroxyl groups is 1. The van der Waals surface area contributed by atoms with Gasteiger partial charge in [0.2, 0.25) is 5.78 Å². The lowest BCUT2D eigenvalue weighted by Gasteiger charge is -2.50. The Morgan fingerprint density at radius 2 is 2.00 bits per heavy atom. The average molecular weight is 415 g/mol. The summed E-state index contributed by atoms with van der Waals surface area (Å²) in [6, 6.07) is 2.69. The van der Waals surface area contributed by atoms with E-state index in [1.165, 1.54) is 12.1 Å². The number of likely N-dealkylation sites (N-methyl/N-ethyl adjacent to an activating group) is 1. The first-order valence-corrected chi connectivity index (χ1v) is 9.18. The molecule has 4 atom stereocenters. The van der Waals surface area contributed by atoms with Crippen molar-refractivity contribution in [2.45, 2.75) is 24.5 Å². The van der Waals surface area contributed by atoms with Gasteiger partial charge in [-0.1, -0.05) is 12.1 Å². The minimum atomic E-state index is -2.96. The molecule has 0 aromatic heterocycles. The van der Waals surface area contributed by atoms with Gasteiger partial charge in [0.15, 0.2) is 11.4 Å². The Balaban J connectivity index is 1.98. The van der Waals surface area contributed by atoms with E-state index in [0.717, 1.165) is 7.05 Å². The molecule has 0 saturated heterocycles. The van der Waals surface area contributed by atoms with Crippen LogP contribution >= 0.6 is 0 Å². The van der Waals surface area contributed by atoms with Crippen LogP contribution in [0, 0.1) is 11.8 Å². The normalized spacial score (nSPS) is 32.8. The molecule has 0 heterocycles. The quantitative estimate of drug-likeness (QED) is 0.494. The van der Waals surface area contributed by atoms with E-state index in [0.29, 0.717) is 10.5 Å². The summed E-state index contributed by atoms with van der Waals surface area (Å²) in [6.45, 7) is -2.88. The van der Waals surface area contributed by atoms with Crippen LogP contribution in [0.2, 0.25) is 0 Å². The predicted octanol–water partition coefficient (Wildman–Crippen LogP) is 0.0740. The average Bonchev–Trinajstić information content (AvgIpc) is 2.69. The Morgan fingerprint density at radius 1 is 1.30 bits per heavy atom. The summed E-state index contributed by atoms with van der Waals surface area (Å²) in [5.74, 6) is -9.06. The van der Waals surface area contributed by atoms with Crippen LogP contribution in [0.5, 0.6) is 5.75 Å². The number of nitrogens with zero attached hydrogens (tertiary/aromatic N) is 2. The number of aliphatic hydroxyl groups is 3. The fourth-order valence-corrected chi connectivity index (χ4v) is 5.00. The third-order valence-corrected chi connectivity index (χ3v) is 6.29. The number of hydrogen-bond donors (Lipinski definition) is 4. The highest BCUT2D eigenvalue weighted by Gasteiger charge is 2.64. The summed E-state index contributed by atoms with van der Waals surface area (Å²) in [5.41, 5.74) is 5.39. The first-order valence-electron chi connectivity index (χ1n) is 10.7. The zero-order valence-electron chi connectivity index (χ0n) is 18.8. The minimum absolute atomic E-state index is 0.0240. The van der Waals surface area contributed by atoms with Crippen LogP contribution < -0.4 is 5.73 Å². The highest BCUT2D eigenvalue weighted by atomic mass is 16.3. The summed E-state index contributed by atoms with van der Waals surface area (Å²) >= 11 is 0. The molecular formula is C21H20N2O7. The number of Topliss-reactive ketones (excluding diaryl/α,β-unsaturated/α-hetero) is 2. The maximum absolute atomic E-state index is 13.5. The Labute approximate surface area is 175 Å². The van der Waals surface area contributed by atoms with E-state index < -0.39 is 65.0 Å². The molecular weight excluding hydrogens is 392 g/mol. The standard InChI is InChI=1S/C21H20N2O7/c1-23(2)15-10-7-9-6-8-4-3-5-11(24)12(8)16(25)13(9)18(27)21(10,30)19(28)14(17(15)26)20(22)29/h3-5,9-10,15,24-25,28,30H,6-7H2,1-2H3/t9?,10?,15-,21-/m0/s1/i1D3. The van der Waals surface area contributed by atoms with Crippen molar-refractivity contribution in [1.29, 1.82) is 0 Å². The molecule has 156 valence electrons. The first kappa shape index (κ1) is 16.6. The second-order valence-electron chi connectivity index (χ2n) is 7.86. The number of benzene rings is 1. The van der Waals surface area contributed by atoms with Crippen LogP contribution in [-0.2, 0) is 20.8 Å². The van der Waals surface area contributed by atoms with Crippen molar-refractivity contribution < 1.29 is 38.9 Å². The number of carbonyl (C=O) groups excluding carboxylic acids is 3. The molecule has 1 amide bonds. The van der Waals surface area contributed by atoms with E-state index in [2.05, 4.69) is 0 Å². The van der Waals surface area contributed by atoms with Crippen molar-refractivity contribution in [3.8, 4) is 5.75 Å². The number of phenolic OH excluding ortho intramolecular Hbond substituents is 1. The van der Waals surface area contributed by atoms with Gasteiger partial charge in [0.1, 0.15) is 22.8 Å². The fourth-order valence-electron chi connectivity index (χ4n) is 5.00.